The number of para-hydroxylation sites is 1. The number of likely N-dealkylation sites (tertiary alicyclic amines) is 1. The molecule has 6 nitrogen and oxygen atoms in total. The minimum absolute atomic E-state index is 0.0971. The minimum Gasteiger partial charge on any atom is -0.339 e. The molecular weight excluding hydrogens is 472 g/mol. The molecule has 0 unspecified atom stereocenters. The summed E-state index contributed by atoms with van der Waals surface area (Å²) in [6, 6.07) is 10.0. The van der Waals surface area contributed by atoms with E-state index in [2.05, 4.69) is 21.2 Å². The number of halogens is 3. The summed E-state index contributed by atoms with van der Waals surface area (Å²) in [5, 5.41) is 2.75. The largest absolute Gasteiger partial charge is 0.339 e. The van der Waals surface area contributed by atoms with Gasteiger partial charge in [0.25, 0.3) is 5.91 Å². The van der Waals surface area contributed by atoms with Gasteiger partial charge in [-0.25, -0.2) is 8.78 Å². The van der Waals surface area contributed by atoms with E-state index in [9.17, 15) is 23.2 Å². The predicted octanol–water partition coefficient (Wildman–Crippen LogP) is 3.68. The van der Waals surface area contributed by atoms with Gasteiger partial charge in [0.1, 0.15) is 11.6 Å². The fraction of sp³-hybridized carbons (Fsp3) is 0.318. The Morgan fingerprint density at radius 3 is 2.45 bits per heavy atom. The first-order chi connectivity index (χ1) is 14.8. The first kappa shape index (κ1) is 22.9. The fourth-order valence-corrected chi connectivity index (χ4v) is 3.90. The Morgan fingerprint density at radius 2 is 1.81 bits per heavy atom. The zero-order valence-electron chi connectivity index (χ0n) is 16.9. The van der Waals surface area contributed by atoms with E-state index in [1.165, 1.54) is 9.80 Å². The number of rotatable bonds is 5. The first-order valence-corrected chi connectivity index (χ1v) is 10.6. The summed E-state index contributed by atoms with van der Waals surface area (Å²) < 4.78 is 27.7. The number of hydrogen-bond donors (Lipinski definition) is 1. The molecule has 31 heavy (non-hydrogen) atoms. The van der Waals surface area contributed by atoms with Crippen LogP contribution < -0.4 is 5.32 Å². The normalized spacial score (nSPS) is 14.3. The molecular formula is C22H22BrF2N3O3. The molecule has 0 aromatic heterocycles. The highest BCUT2D eigenvalue weighted by Gasteiger charge is 2.31. The van der Waals surface area contributed by atoms with E-state index in [0.717, 1.165) is 16.6 Å². The summed E-state index contributed by atoms with van der Waals surface area (Å²) in [5.74, 6) is -3.00. The molecule has 1 heterocycles. The van der Waals surface area contributed by atoms with Gasteiger partial charge in [-0.2, -0.15) is 0 Å². The molecule has 2 aromatic rings. The summed E-state index contributed by atoms with van der Waals surface area (Å²) in [5.41, 5.74) is 0.431. The van der Waals surface area contributed by atoms with E-state index < -0.39 is 17.5 Å². The number of hydrogen-bond acceptors (Lipinski definition) is 3. The van der Waals surface area contributed by atoms with E-state index in [0.29, 0.717) is 24.6 Å². The van der Waals surface area contributed by atoms with Gasteiger partial charge in [-0.15, -0.1) is 0 Å². The molecule has 1 aliphatic heterocycles. The number of piperidine rings is 1. The molecule has 0 atom stereocenters. The lowest BCUT2D eigenvalue weighted by Crippen LogP contribution is -2.45. The highest BCUT2D eigenvalue weighted by Crippen LogP contribution is 2.23. The average Bonchev–Trinajstić information content (AvgIpc) is 2.74. The number of carbonyl (C=O) groups is 3. The van der Waals surface area contributed by atoms with Gasteiger partial charge in [0, 0.05) is 36.6 Å². The molecule has 0 aliphatic carbocycles. The van der Waals surface area contributed by atoms with E-state index in [4.69, 9.17) is 0 Å². The van der Waals surface area contributed by atoms with Crippen molar-refractivity contribution in [2.45, 2.75) is 12.8 Å². The maximum atomic E-state index is 13.9. The highest BCUT2D eigenvalue weighted by molar-refractivity contribution is 9.10. The van der Waals surface area contributed by atoms with E-state index in [1.807, 2.05) is 6.07 Å². The summed E-state index contributed by atoms with van der Waals surface area (Å²) in [7, 11) is 1.56. The van der Waals surface area contributed by atoms with Gasteiger partial charge in [-0.3, -0.25) is 14.4 Å². The Balaban J connectivity index is 1.51. The standard InChI is InChI=1S/C22H22BrF2N3O3/c1-27(13-20(29)26-19-5-3-2-4-17(19)23)21(30)14-8-10-28(11-9-14)22(31)16-7-6-15(24)12-18(16)25/h2-7,12,14H,8-11,13H2,1H3,(H,26,29). The van der Waals surface area contributed by atoms with Gasteiger partial charge >= 0.3 is 0 Å². The Morgan fingerprint density at radius 1 is 1.13 bits per heavy atom. The molecule has 0 radical (unpaired) electrons. The molecule has 1 aliphatic rings. The molecule has 0 bridgehead atoms. The molecule has 1 fully saturated rings. The van der Waals surface area contributed by atoms with Crippen LogP contribution in [0.15, 0.2) is 46.9 Å². The van der Waals surface area contributed by atoms with Crippen molar-refractivity contribution in [1.29, 1.82) is 0 Å². The molecule has 2 aromatic carbocycles. The second kappa shape index (κ2) is 10.00. The zero-order chi connectivity index (χ0) is 22.5. The number of nitrogens with zero attached hydrogens (tertiary/aromatic N) is 2. The molecule has 9 heteroatoms. The van der Waals surface area contributed by atoms with Crippen LogP contribution >= 0.6 is 15.9 Å². The maximum absolute atomic E-state index is 13.9. The average molecular weight is 494 g/mol. The van der Waals surface area contributed by atoms with Crippen LogP contribution in [0.1, 0.15) is 23.2 Å². The molecule has 164 valence electrons. The van der Waals surface area contributed by atoms with Crippen LogP contribution in [0.2, 0.25) is 0 Å². The third kappa shape index (κ3) is 5.66. The lowest BCUT2D eigenvalue weighted by molar-refractivity contribution is -0.138. The van der Waals surface area contributed by atoms with Crippen LogP contribution in [0, 0.1) is 17.6 Å². The van der Waals surface area contributed by atoms with Gasteiger partial charge in [0.05, 0.1) is 17.8 Å². The summed E-state index contributed by atoms with van der Waals surface area (Å²) in [6.45, 7) is 0.464. The summed E-state index contributed by atoms with van der Waals surface area (Å²) >= 11 is 3.36. The fourth-order valence-electron chi connectivity index (χ4n) is 3.52. The van der Waals surface area contributed by atoms with Gasteiger partial charge in [0.2, 0.25) is 11.8 Å². The number of likely N-dealkylation sites (N-methyl/N-ethyl adjacent to an activating group) is 1. The van der Waals surface area contributed by atoms with E-state index in [-0.39, 0.29) is 42.9 Å². The summed E-state index contributed by atoms with van der Waals surface area (Å²) in [6.07, 6.45) is 0.813. The Hall–Kier alpha value is -2.81. The smallest absolute Gasteiger partial charge is 0.256 e. The highest BCUT2D eigenvalue weighted by atomic mass is 79.9. The van der Waals surface area contributed by atoms with Gasteiger partial charge in [-0.05, 0) is 53.0 Å². The Labute approximate surface area is 187 Å². The van der Waals surface area contributed by atoms with Crippen LogP contribution in [0.4, 0.5) is 14.5 Å². The van der Waals surface area contributed by atoms with Crippen molar-refractivity contribution in [2.75, 3.05) is 32.0 Å². The first-order valence-electron chi connectivity index (χ1n) is 9.80. The molecule has 3 rings (SSSR count). The number of anilines is 1. The molecule has 1 saturated heterocycles. The van der Waals surface area contributed by atoms with Crippen molar-refractivity contribution in [2.24, 2.45) is 5.92 Å². The maximum Gasteiger partial charge on any atom is 0.256 e. The van der Waals surface area contributed by atoms with Crippen LogP contribution in [0.5, 0.6) is 0 Å². The van der Waals surface area contributed by atoms with Crippen molar-refractivity contribution >= 4 is 39.3 Å². The van der Waals surface area contributed by atoms with Crippen LogP contribution in [-0.2, 0) is 9.59 Å². The van der Waals surface area contributed by atoms with Crippen molar-refractivity contribution in [3.8, 4) is 0 Å². The number of benzene rings is 2. The van der Waals surface area contributed by atoms with Gasteiger partial charge in [-0.1, -0.05) is 12.1 Å². The summed E-state index contributed by atoms with van der Waals surface area (Å²) in [4.78, 5) is 40.3. The number of amides is 3. The van der Waals surface area contributed by atoms with Crippen LogP contribution in [0.25, 0.3) is 0 Å². The van der Waals surface area contributed by atoms with E-state index in [1.54, 1.807) is 25.2 Å². The number of nitrogens with one attached hydrogen (secondary N) is 1. The minimum atomic E-state index is -0.904. The lowest BCUT2D eigenvalue weighted by atomic mass is 9.95. The monoisotopic (exact) mass is 493 g/mol. The van der Waals surface area contributed by atoms with E-state index >= 15 is 0 Å². The Bertz CT molecular complexity index is 994. The van der Waals surface area contributed by atoms with Gasteiger partial charge in [0.15, 0.2) is 0 Å². The van der Waals surface area contributed by atoms with Crippen molar-refractivity contribution in [1.82, 2.24) is 9.80 Å². The van der Waals surface area contributed by atoms with Crippen molar-refractivity contribution < 1.29 is 23.2 Å². The van der Waals surface area contributed by atoms with Gasteiger partial charge < -0.3 is 15.1 Å². The number of carbonyl (C=O) groups excluding carboxylic acids is 3. The second-order valence-electron chi connectivity index (χ2n) is 7.41. The molecule has 0 spiro atoms. The SMILES string of the molecule is CN(CC(=O)Nc1ccccc1Br)C(=O)C1CCN(C(=O)c2ccc(F)cc2F)CC1. The molecule has 1 N–H and O–H groups in total. The van der Waals surface area contributed by atoms with Crippen molar-refractivity contribution in [3.63, 3.8) is 0 Å². The van der Waals surface area contributed by atoms with Crippen LogP contribution in [-0.4, -0.2) is 54.2 Å². The zero-order valence-corrected chi connectivity index (χ0v) is 18.5. The molecule has 0 saturated carbocycles. The Kier molecular flexibility index (Phi) is 7.37. The van der Waals surface area contributed by atoms with Crippen molar-refractivity contribution in [3.05, 3.63) is 64.1 Å². The van der Waals surface area contributed by atoms with Crippen LogP contribution in [0.3, 0.4) is 0 Å². The quantitative estimate of drug-likeness (QED) is 0.690. The topological polar surface area (TPSA) is 69.7 Å². The third-order valence-corrected chi connectivity index (χ3v) is 5.89. The molecule has 3 amide bonds. The second-order valence-corrected chi connectivity index (χ2v) is 8.27. The lowest BCUT2D eigenvalue weighted by Gasteiger charge is -2.33. The predicted molar refractivity (Wildman–Crippen MR) is 115 cm³/mol. The third-order valence-electron chi connectivity index (χ3n) is 5.20.